The Morgan fingerprint density at radius 2 is 2.00 bits per heavy atom. The van der Waals surface area contributed by atoms with Gasteiger partial charge >= 0.3 is 0 Å². The lowest BCUT2D eigenvalue weighted by molar-refractivity contribution is 0.901. The van der Waals surface area contributed by atoms with Crippen LogP contribution >= 0.6 is 0 Å². The van der Waals surface area contributed by atoms with Gasteiger partial charge < -0.3 is 5.73 Å². The van der Waals surface area contributed by atoms with Crippen LogP contribution in [0.15, 0.2) is 42.7 Å². The molecule has 0 aliphatic heterocycles. The third-order valence-corrected chi connectivity index (χ3v) is 3.15. The summed E-state index contributed by atoms with van der Waals surface area (Å²) in [5, 5.41) is 4.61. The molecule has 1 aromatic carbocycles. The predicted octanol–water partition coefficient (Wildman–Crippen LogP) is 2.16. The summed E-state index contributed by atoms with van der Waals surface area (Å²) in [6.45, 7) is 2.51. The Labute approximate surface area is 105 Å². The lowest BCUT2D eigenvalue weighted by Crippen LogP contribution is -2.08. The van der Waals surface area contributed by atoms with Crippen molar-refractivity contribution in [2.45, 2.75) is 13.5 Å². The third kappa shape index (κ3) is 1.58. The maximum atomic E-state index is 5.87. The van der Waals surface area contributed by atoms with Crippen molar-refractivity contribution in [1.29, 1.82) is 0 Å². The number of aryl methyl sites for hydroxylation is 1. The van der Waals surface area contributed by atoms with Crippen LogP contribution in [0.3, 0.4) is 0 Å². The van der Waals surface area contributed by atoms with Crippen LogP contribution in [0.2, 0.25) is 0 Å². The number of nitrogens with two attached hydrogens (primary N) is 1. The van der Waals surface area contributed by atoms with E-state index < -0.39 is 0 Å². The van der Waals surface area contributed by atoms with E-state index in [1.807, 2.05) is 43.5 Å². The molecule has 18 heavy (non-hydrogen) atoms. The fraction of sp³-hybridized carbons (Fsp3) is 0.143. The zero-order valence-electron chi connectivity index (χ0n) is 10.2. The summed E-state index contributed by atoms with van der Waals surface area (Å²) in [7, 11) is 0. The zero-order valence-corrected chi connectivity index (χ0v) is 10.2. The van der Waals surface area contributed by atoms with Gasteiger partial charge in [-0.25, -0.2) is 9.50 Å². The molecular weight excluding hydrogens is 224 g/mol. The number of imidazole rings is 1. The Morgan fingerprint density at radius 1 is 1.22 bits per heavy atom. The van der Waals surface area contributed by atoms with Gasteiger partial charge in [0.15, 0.2) is 5.65 Å². The number of benzene rings is 1. The van der Waals surface area contributed by atoms with E-state index in [2.05, 4.69) is 10.1 Å². The second-order valence-electron chi connectivity index (χ2n) is 4.22. The van der Waals surface area contributed by atoms with Crippen LogP contribution in [0.5, 0.6) is 0 Å². The van der Waals surface area contributed by atoms with Gasteiger partial charge in [0.05, 0.1) is 5.69 Å². The Morgan fingerprint density at radius 3 is 2.72 bits per heavy atom. The van der Waals surface area contributed by atoms with Crippen molar-refractivity contribution in [3.8, 4) is 11.3 Å². The predicted molar refractivity (Wildman–Crippen MR) is 71.1 cm³/mol. The van der Waals surface area contributed by atoms with Gasteiger partial charge in [-0.1, -0.05) is 30.3 Å². The van der Waals surface area contributed by atoms with Gasteiger partial charge in [0.2, 0.25) is 0 Å². The van der Waals surface area contributed by atoms with Crippen LogP contribution in [0.25, 0.3) is 16.9 Å². The molecule has 2 heterocycles. The first-order chi connectivity index (χ1) is 8.81. The SMILES string of the molecule is Cc1c(CN)c(-c2ccccc2)nn2ccnc12. The van der Waals surface area contributed by atoms with E-state index in [0.29, 0.717) is 6.54 Å². The summed E-state index contributed by atoms with van der Waals surface area (Å²) in [4.78, 5) is 4.31. The van der Waals surface area contributed by atoms with E-state index in [0.717, 1.165) is 28.0 Å². The molecule has 2 N–H and O–H groups in total. The molecule has 4 nitrogen and oxygen atoms in total. The van der Waals surface area contributed by atoms with Crippen LogP contribution in [0.1, 0.15) is 11.1 Å². The topological polar surface area (TPSA) is 56.2 Å². The molecule has 0 atom stereocenters. The van der Waals surface area contributed by atoms with Crippen LogP contribution in [0.4, 0.5) is 0 Å². The number of hydrogen-bond acceptors (Lipinski definition) is 3. The second-order valence-corrected chi connectivity index (χ2v) is 4.22. The lowest BCUT2D eigenvalue weighted by Gasteiger charge is -2.11. The van der Waals surface area contributed by atoms with E-state index in [-0.39, 0.29) is 0 Å². The highest BCUT2D eigenvalue weighted by Crippen LogP contribution is 2.25. The summed E-state index contributed by atoms with van der Waals surface area (Å²) in [6, 6.07) is 10.1. The Hall–Kier alpha value is -2.20. The maximum absolute atomic E-state index is 5.87. The molecule has 0 aliphatic carbocycles. The van der Waals surface area contributed by atoms with Crippen molar-refractivity contribution in [1.82, 2.24) is 14.6 Å². The van der Waals surface area contributed by atoms with E-state index in [1.54, 1.807) is 10.7 Å². The molecule has 0 unspecified atom stereocenters. The second kappa shape index (κ2) is 4.23. The fourth-order valence-electron chi connectivity index (χ4n) is 2.20. The highest BCUT2D eigenvalue weighted by atomic mass is 15.2. The molecule has 3 aromatic rings. The Balaban J connectivity index is 2.34. The average molecular weight is 238 g/mol. The van der Waals surface area contributed by atoms with Crippen LogP contribution in [-0.2, 0) is 6.54 Å². The molecule has 0 fully saturated rings. The van der Waals surface area contributed by atoms with Crippen molar-refractivity contribution >= 4 is 5.65 Å². The Bertz CT molecular complexity index is 686. The minimum Gasteiger partial charge on any atom is -0.326 e. The molecule has 90 valence electrons. The van der Waals surface area contributed by atoms with Gasteiger partial charge in [0, 0.05) is 35.6 Å². The zero-order chi connectivity index (χ0) is 12.5. The van der Waals surface area contributed by atoms with Gasteiger partial charge in [-0.3, -0.25) is 0 Å². The summed E-state index contributed by atoms with van der Waals surface area (Å²) < 4.78 is 1.80. The number of fused-ring (bicyclic) bond motifs is 1. The highest BCUT2D eigenvalue weighted by molar-refractivity contribution is 5.67. The van der Waals surface area contributed by atoms with Crippen molar-refractivity contribution in [3.05, 3.63) is 53.9 Å². The van der Waals surface area contributed by atoms with Crippen LogP contribution < -0.4 is 5.73 Å². The van der Waals surface area contributed by atoms with Crippen molar-refractivity contribution in [2.24, 2.45) is 5.73 Å². The normalized spacial score (nSPS) is 11.0. The highest BCUT2D eigenvalue weighted by Gasteiger charge is 2.13. The first-order valence-electron chi connectivity index (χ1n) is 5.89. The number of rotatable bonds is 2. The monoisotopic (exact) mass is 238 g/mol. The van der Waals surface area contributed by atoms with Gasteiger partial charge in [-0.15, -0.1) is 0 Å². The van der Waals surface area contributed by atoms with Crippen molar-refractivity contribution in [3.63, 3.8) is 0 Å². The number of aromatic nitrogens is 3. The molecule has 0 saturated heterocycles. The van der Waals surface area contributed by atoms with E-state index >= 15 is 0 Å². The first kappa shape index (κ1) is 10.9. The van der Waals surface area contributed by atoms with Crippen LogP contribution in [0, 0.1) is 6.92 Å². The van der Waals surface area contributed by atoms with Gasteiger partial charge in [0.1, 0.15) is 0 Å². The first-order valence-corrected chi connectivity index (χ1v) is 5.89. The van der Waals surface area contributed by atoms with Crippen LogP contribution in [-0.4, -0.2) is 14.6 Å². The van der Waals surface area contributed by atoms with Crippen molar-refractivity contribution < 1.29 is 0 Å². The van der Waals surface area contributed by atoms with E-state index in [4.69, 9.17) is 5.73 Å². The maximum Gasteiger partial charge on any atom is 0.156 e. The third-order valence-electron chi connectivity index (χ3n) is 3.15. The number of nitrogens with zero attached hydrogens (tertiary/aromatic N) is 3. The average Bonchev–Trinajstić information content (AvgIpc) is 2.88. The van der Waals surface area contributed by atoms with Gasteiger partial charge in [-0.2, -0.15) is 5.10 Å². The molecule has 3 rings (SSSR count). The molecule has 0 saturated carbocycles. The van der Waals surface area contributed by atoms with Gasteiger partial charge in [-0.05, 0) is 6.92 Å². The molecule has 0 spiro atoms. The molecule has 0 amide bonds. The van der Waals surface area contributed by atoms with Crippen molar-refractivity contribution in [2.75, 3.05) is 0 Å². The minimum atomic E-state index is 0.465. The molecular formula is C14H14N4. The molecule has 0 aliphatic rings. The quantitative estimate of drug-likeness (QED) is 0.744. The van der Waals surface area contributed by atoms with E-state index in [9.17, 15) is 0 Å². The molecule has 2 aromatic heterocycles. The molecule has 0 radical (unpaired) electrons. The lowest BCUT2D eigenvalue weighted by atomic mass is 10.0. The summed E-state index contributed by atoms with van der Waals surface area (Å²) in [6.07, 6.45) is 3.61. The van der Waals surface area contributed by atoms with E-state index in [1.165, 1.54) is 0 Å². The Kier molecular flexibility index (Phi) is 2.57. The fourth-order valence-corrected chi connectivity index (χ4v) is 2.20. The minimum absolute atomic E-state index is 0.465. The number of hydrogen-bond donors (Lipinski definition) is 1. The summed E-state index contributed by atoms with van der Waals surface area (Å²) in [5.74, 6) is 0. The standard InChI is InChI=1S/C14H14N4/c1-10-12(9-15)13(11-5-3-2-4-6-11)17-18-8-7-16-14(10)18/h2-8H,9,15H2,1H3. The summed E-state index contributed by atoms with van der Waals surface area (Å²) >= 11 is 0. The summed E-state index contributed by atoms with van der Waals surface area (Å²) in [5.41, 5.74) is 10.9. The van der Waals surface area contributed by atoms with Gasteiger partial charge in [0.25, 0.3) is 0 Å². The smallest absolute Gasteiger partial charge is 0.156 e. The largest absolute Gasteiger partial charge is 0.326 e. The molecule has 0 bridgehead atoms. The molecule has 4 heteroatoms.